The lowest BCUT2D eigenvalue weighted by Crippen LogP contribution is -1.94. The lowest BCUT2D eigenvalue weighted by molar-refractivity contribution is 0.145. The molecular weight excluding hydrogens is 187 g/mol. The molecule has 0 spiro atoms. The molecule has 2 aromatic rings. The van der Waals surface area contributed by atoms with Crippen LogP contribution >= 0.6 is 11.3 Å². The second-order valence-corrected chi connectivity index (χ2v) is 3.97. The van der Waals surface area contributed by atoms with Gasteiger partial charge in [-0.1, -0.05) is 18.2 Å². The van der Waals surface area contributed by atoms with Crippen molar-refractivity contribution in [1.82, 2.24) is 0 Å². The molecule has 0 radical (unpaired) electrons. The largest absolute Gasteiger partial charge is 0.385 e. The second-order valence-electron chi connectivity index (χ2n) is 2.86. The molecule has 68 valence electrons. The van der Waals surface area contributed by atoms with Crippen LogP contribution in [0.4, 0.5) is 4.39 Å². The van der Waals surface area contributed by atoms with Gasteiger partial charge in [-0.3, -0.25) is 0 Å². The van der Waals surface area contributed by atoms with Gasteiger partial charge >= 0.3 is 0 Å². The molecule has 0 aliphatic heterocycles. The van der Waals surface area contributed by atoms with Crippen molar-refractivity contribution in [1.29, 1.82) is 0 Å². The fourth-order valence-corrected chi connectivity index (χ4v) is 2.27. The molecule has 0 fully saturated rings. The molecule has 13 heavy (non-hydrogen) atoms. The first-order valence-corrected chi connectivity index (χ1v) is 4.85. The molecule has 0 aliphatic rings. The van der Waals surface area contributed by atoms with Crippen LogP contribution in [0.3, 0.4) is 0 Å². The third kappa shape index (κ3) is 1.57. The van der Waals surface area contributed by atoms with Crippen LogP contribution in [0.1, 0.15) is 11.0 Å². The van der Waals surface area contributed by atoms with Crippen LogP contribution in [0, 0.1) is 0 Å². The molecule has 1 aromatic heterocycles. The van der Waals surface area contributed by atoms with E-state index in [0.29, 0.717) is 4.88 Å². The summed E-state index contributed by atoms with van der Waals surface area (Å²) in [5.74, 6) is 0. The molecule has 0 saturated heterocycles. The minimum absolute atomic E-state index is 0.698. The fourth-order valence-electron chi connectivity index (χ4n) is 1.24. The number of aliphatic hydroxyl groups excluding tert-OH is 1. The molecule has 0 bridgehead atoms. The average molecular weight is 196 g/mol. The van der Waals surface area contributed by atoms with E-state index in [0.717, 1.165) is 10.1 Å². The van der Waals surface area contributed by atoms with E-state index in [4.69, 9.17) is 0 Å². The highest BCUT2D eigenvalue weighted by Crippen LogP contribution is 2.29. The Bertz CT molecular complexity index is 377. The van der Waals surface area contributed by atoms with Crippen molar-refractivity contribution < 1.29 is 9.50 Å². The number of benzene rings is 1. The molecular formula is C10H9FOS. The van der Waals surface area contributed by atoms with Crippen molar-refractivity contribution >= 4 is 21.4 Å². The highest BCUT2D eigenvalue weighted by molar-refractivity contribution is 7.19. The summed E-state index contributed by atoms with van der Waals surface area (Å²) in [5.41, 5.74) is 0. The van der Waals surface area contributed by atoms with Crippen molar-refractivity contribution in [2.75, 3.05) is 6.67 Å². The number of alkyl halides is 1. The van der Waals surface area contributed by atoms with Crippen molar-refractivity contribution in [3.05, 3.63) is 35.2 Å². The molecule has 3 heteroatoms. The second kappa shape index (κ2) is 3.44. The monoisotopic (exact) mass is 196 g/mol. The SMILES string of the molecule is OC(CF)c1cc2ccccc2s1. The van der Waals surface area contributed by atoms with E-state index in [9.17, 15) is 9.50 Å². The first-order valence-electron chi connectivity index (χ1n) is 4.04. The number of aliphatic hydroxyl groups is 1. The van der Waals surface area contributed by atoms with Crippen LogP contribution < -0.4 is 0 Å². The molecule has 0 aliphatic carbocycles. The van der Waals surface area contributed by atoms with Gasteiger partial charge in [0.05, 0.1) is 0 Å². The molecule has 0 saturated carbocycles. The van der Waals surface area contributed by atoms with E-state index in [1.54, 1.807) is 0 Å². The number of thiophene rings is 1. The van der Waals surface area contributed by atoms with E-state index < -0.39 is 12.8 Å². The minimum atomic E-state index is -0.961. The lowest BCUT2D eigenvalue weighted by Gasteiger charge is -1.99. The summed E-state index contributed by atoms with van der Waals surface area (Å²) >= 11 is 1.44. The maximum atomic E-state index is 12.2. The Morgan fingerprint density at radius 3 is 2.85 bits per heavy atom. The zero-order chi connectivity index (χ0) is 9.26. The first-order chi connectivity index (χ1) is 6.31. The number of halogens is 1. The van der Waals surface area contributed by atoms with Crippen LogP contribution in [0.25, 0.3) is 10.1 Å². The smallest absolute Gasteiger partial charge is 0.120 e. The number of fused-ring (bicyclic) bond motifs is 1. The van der Waals surface area contributed by atoms with Gasteiger partial charge in [0.1, 0.15) is 12.8 Å². The standard InChI is InChI=1S/C10H9FOS/c11-6-8(12)10-5-7-3-1-2-4-9(7)13-10/h1-5,8,12H,6H2. The van der Waals surface area contributed by atoms with Crippen molar-refractivity contribution in [3.8, 4) is 0 Å². The summed E-state index contributed by atoms with van der Waals surface area (Å²) < 4.78 is 13.2. The Balaban J connectivity index is 2.49. The normalized spacial score (nSPS) is 13.4. The Labute approximate surface area is 79.4 Å². The number of rotatable bonds is 2. The molecule has 1 aromatic carbocycles. The van der Waals surface area contributed by atoms with Gasteiger partial charge in [0.2, 0.25) is 0 Å². The van der Waals surface area contributed by atoms with E-state index in [1.165, 1.54) is 11.3 Å². The summed E-state index contributed by atoms with van der Waals surface area (Å²) in [6.07, 6.45) is -0.961. The van der Waals surface area contributed by atoms with E-state index >= 15 is 0 Å². The molecule has 2 rings (SSSR count). The number of hydrogen-bond acceptors (Lipinski definition) is 2. The van der Waals surface area contributed by atoms with Gasteiger partial charge in [-0.2, -0.15) is 0 Å². The van der Waals surface area contributed by atoms with Crippen molar-refractivity contribution in [2.24, 2.45) is 0 Å². The Hall–Kier alpha value is -0.930. The molecule has 1 heterocycles. The lowest BCUT2D eigenvalue weighted by atomic mass is 10.2. The first kappa shape index (κ1) is 8.66. The topological polar surface area (TPSA) is 20.2 Å². The summed E-state index contributed by atoms with van der Waals surface area (Å²) in [5, 5.41) is 10.3. The van der Waals surface area contributed by atoms with Crippen molar-refractivity contribution in [3.63, 3.8) is 0 Å². The summed E-state index contributed by atoms with van der Waals surface area (Å²) in [4.78, 5) is 0.698. The van der Waals surface area contributed by atoms with Crippen LogP contribution in [-0.2, 0) is 0 Å². The fraction of sp³-hybridized carbons (Fsp3) is 0.200. The maximum Gasteiger partial charge on any atom is 0.120 e. The van der Waals surface area contributed by atoms with Gasteiger partial charge in [0.25, 0.3) is 0 Å². The molecule has 1 unspecified atom stereocenters. The highest BCUT2D eigenvalue weighted by atomic mass is 32.1. The van der Waals surface area contributed by atoms with Gasteiger partial charge in [0.15, 0.2) is 0 Å². The zero-order valence-corrected chi connectivity index (χ0v) is 7.72. The summed E-state index contributed by atoms with van der Waals surface area (Å²) in [7, 11) is 0. The summed E-state index contributed by atoms with van der Waals surface area (Å²) in [6.45, 7) is -0.715. The van der Waals surface area contributed by atoms with Gasteiger partial charge in [-0.25, -0.2) is 4.39 Å². The van der Waals surface area contributed by atoms with Crippen LogP contribution in [-0.4, -0.2) is 11.8 Å². The third-order valence-corrected chi connectivity index (χ3v) is 3.14. The molecule has 1 N–H and O–H groups in total. The van der Waals surface area contributed by atoms with Crippen molar-refractivity contribution in [2.45, 2.75) is 6.10 Å². The van der Waals surface area contributed by atoms with Crippen LogP contribution in [0.2, 0.25) is 0 Å². The minimum Gasteiger partial charge on any atom is -0.385 e. The average Bonchev–Trinajstić information content (AvgIpc) is 2.59. The predicted octanol–water partition coefficient (Wildman–Crippen LogP) is 2.90. The Kier molecular flexibility index (Phi) is 2.29. The highest BCUT2D eigenvalue weighted by Gasteiger charge is 2.09. The predicted molar refractivity (Wildman–Crippen MR) is 52.8 cm³/mol. The molecule has 0 amide bonds. The van der Waals surface area contributed by atoms with Gasteiger partial charge in [0, 0.05) is 9.58 Å². The quantitative estimate of drug-likeness (QED) is 0.783. The van der Waals surface area contributed by atoms with Crippen LogP contribution in [0.15, 0.2) is 30.3 Å². The van der Waals surface area contributed by atoms with E-state index in [2.05, 4.69) is 0 Å². The van der Waals surface area contributed by atoms with Crippen LogP contribution in [0.5, 0.6) is 0 Å². The zero-order valence-electron chi connectivity index (χ0n) is 6.90. The third-order valence-electron chi connectivity index (χ3n) is 1.92. The van der Waals surface area contributed by atoms with Gasteiger partial charge in [-0.15, -0.1) is 11.3 Å². The molecule has 1 atom stereocenters. The van der Waals surface area contributed by atoms with Gasteiger partial charge < -0.3 is 5.11 Å². The molecule has 1 nitrogen and oxygen atoms in total. The summed E-state index contributed by atoms with van der Waals surface area (Å²) in [6, 6.07) is 9.63. The Morgan fingerprint density at radius 1 is 1.38 bits per heavy atom. The van der Waals surface area contributed by atoms with E-state index in [-0.39, 0.29) is 0 Å². The maximum absolute atomic E-state index is 12.2. The number of hydrogen-bond donors (Lipinski definition) is 1. The Morgan fingerprint density at radius 2 is 2.15 bits per heavy atom. The van der Waals surface area contributed by atoms with E-state index in [1.807, 2.05) is 30.3 Å². The van der Waals surface area contributed by atoms with Gasteiger partial charge in [-0.05, 0) is 17.5 Å².